The summed E-state index contributed by atoms with van der Waals surface area (Å²) in [5.74, 6) is 0. The molecule has 27 aromatic rings. The topological polar surface area (TPSA) is 26.3 Å². The van der Waals surface area contributed by atoms with Gasteiger partial charge in [0.1, 0.15) is 22.3 Å². The lowest BCUT2D eigenvalue weighted by atomic mass is 9.83. The highest BCUT2D eigenvalue weighted by atomic mass is 32.1. The fourth-order valence-corrected chi connectivity index (χ4v) is 22.0. The van der Waals surface area contributed by atoms with E-state index in [0.29, 0.717) is 0 Å². The van der Waals surface area contributed by atoms with Gasteiger partial charge in [0.2, 0.25) is 0 Å². The van der Waals surface area contributed by atoms with Crippen LogP contribution in [0.1, 0.15) is 0 Å². The Labute approximate surface area is 749 Å². The monoisotopic (exact) mass is 1650 g/mol. The van der Waals surface area contributed by atoms with Crippen LogP contribution in [0.5, 0.6) is 0 Å². The molecule has 0 spiro atoms. The molecule has 0 unspecified atom stereocenters. The first kappa shape index (κ1) is 75.0. The molecule has 2 nitrogen and oxygen atoms in total. The Kier molecular flexibility index (Phi) is 18.2. The summed E-state index contributed by atoms with van der Waals surface area (Å²) in [7, 11) is 0. The second-order valence-corrected chi connectivity index (χ2v) is 34.8. The molecule has 0 aliphatic rings. The fourth-order valence-electron chi connectivity index (χ4n) is 20.9. The lowest BCUT2D eigenvalue weighted by Crippen LogP contribution is -1.93. The summed E-state index contributed by atoms with van der Waals surface area (Å²) < 4.78 is 15.0. The van der Waals surface area contributed by atoms with Crippen LogP contribution in [0.3, 0.4) is 0 Å². The third-order valence-electron chi connectivity index (χ3n) is 26.6. The summed E-state index contributed by atoms with van der Waals surface area (Å²) in [6.07, 6.45) is 0. The van der Waals surface area contributed by atoms with Gasteiger partial charge in [-0.25, -0.2) is 0 Å². The van der Waals surface area contributed by atoms with E-state index in [1.54, 1.807) is 0 Å². The van der Waals surface area contributed by atoms with Gasteiger partial charge in [-0.2, -0.15) is 0 Å². The van der Waals surface area contributed by atoms with Gasteiger partial charge < -0.3 is 8.83 Å². The molecule has 27 rings (SSSR count). The number of thiophene rings is 1. The van der Waals surface area contributed by atoms with E-state index in [-0.39, 0.29) is 0 Å². The van der Waals surface area contributed by atoms with Crippen molar-refractivity contribution in [3.63, 3.8) is 0 Å². The maximum atomic E-state index is 6.17. The minimum Gasteiger partial charge on any atom is -0.456 e. The van der Waals surface area contributed by atoms with Gasteiger partial charge in [-0.05, 0) is 258 Å². The Morgan fingerprint density at radius 1 is 0.124 bits per heavy atom. The predicted octanol–water partition coefficient (Wildman–Crippen LogP) is 36.6. The van der Waals surface area contributed by atoms with Gasteiger partial charge in [0.25, 0.3) is 0 Å². The first-order chi connectivity index (χ1) is 64.0. The van der Waals surface area contributed by atoms with E-state index >= 15 is 0 Å². The summed E-state index contributed by atoms with van der Waals surface area (Å²) in [5.41, 5.74) is 26.2. The Bertz CT molecular complexity index is 9030. The molecule has 0 amide bonds. The predicted molar refractivity (Wildman–Crippen MR) is 553 cm³/mol. The van der Waals surface area contributed by atoms with E-state index in [0.717, 1.165) is 43.9 Å². The lowest BCUT2D eigenvalue weighted by molar-refractivity contribution is 0.668. The van der Waals surface area contributed by atoms with Gasteiger partial charge >= 0.3 is 0 Å². The highest BCUT2D eigenvalue weighted by Crippen LogP contribution is 2.52. The maximum Gasteiger partial charge on any atom is 0.135 e. The SMILES string of the molecule is c1cc(-c2cccc3ccccc23)cc(-c2c3ccccc3c(-c3ccc4oc5ccccc5c4c3)c3ccccc23)c1.c1ccc(-c2c3ccccc3c(-c3ccc4sc5ccccc5c4c3)c3ccccc23)c(-c2cccc3ccccc23)c1.c1ccc2c(-c3ccc(-c4c5ccccc5c(-c5ccc6oc7ccccc7c6c5)c5ccccc45)cc3)cccc2c1. The number of fused-ring (bicyclic) bond motifs is 18. The molecule has 24 aromatic carbocycles. The van der Waals surface area contributed by atoms with Crippen LogP contribution in [-0.2, 0) is 0 Å². The molecule has 0 bridgehead atoms. The van der Waals surface area contributed by atoms with Crippen LogP contribution in [0.4, 0.5) is 0 Å². The van der Waals surface area contributed by atoms with Crippen LogP contribution in [-0.4, -0.2) is 0 Å². The second-order valence-electron chi connectivity index (χ2n) is 33.7. The Balaban J connectivity index is 0.000000105. The van der Waals surface area contributed by atoms with Crippen molar-refractivity contribution in [3.8, 4) is 100 Å². The van der Waals surface area contributed by atoms with Gasteiger partial charge in [0.15, 0.2) is 0 Å². The smallest absolute Gasteiger partial charge is 0.135 e. The standard InChI is InChI=1S/2C42H26O.C42H26S/c1-2-15-31-27(11-1)12-10-21-32(31)28-13-9-14-29(25-28)41-34-17-3-5-19-36(34)42(37-20-6-4-18-35(37)41)30-23-24-40-38(26-30)33-16-7-8-22-39(33)43-40;1-2-12-31-27(10-1)11-9-18-32(31)28-20-22-29(23-21-28)41-34-14-3-5-16-36(34)42(37-17-6-4-15-35(37)41)30-24-25-40-38(26-30)33-13-7-8-19-39(33)43-40;1-2-14-29-27(12-1)13-11-22-30(29)31-15-3-4-17-33(31)42-36-20-7-5-18-34(36)41(35-19-6-8-21-37(35)42)28-24-25-40-38(26-28)32-16-9-10-23-39(32)43-40/h3*1-26H. The number of rotatable bonds is 9. The molecule has 3 heterocycles. The molecule has 0 fully saturated rings. The average Bonchev–Trinajstić information content (AvgIpc) is 1.26. The number of para-hydroxylation sites is 2. The van der Waals surface area contributed by atoms with E-state index < -0.39 is 0 Å². The number of furan rings is 2. The quantitative estimate of drug-likeness (QED) is 0.135. The summed E-state index contributed by atoms with van der Waals surface area (Å²) >= 11 is 1.87. The normalized spacial score (nSPS) is 11.7. The molecular formula is C126H78O2S. The summed E-state index contributed by atoms with van der Waals surface area (Å²) in [4.78, 5) is 0. The van der Waals surface area contributed by atoms with Crippen LogP contribution >= 0.6 is 11.3 Å². The molecule has 0 atom stereocenters. The third-order valence-corrected chi connectivity index (χ3v) is 27.7. The van der Waals surface area contributed by atoms with Crippen molar-refractivity contribution in [2.45, 2.75) is 0 Å². The van der Waals surface area contributed by atoms with Crippen LogP contribution in [0.25, 0.3) is 261 Å². The van der Waals surface area contributed by atoms with Gasteiger partial charge in [-0.3, -0.25) is 0 Å². The van der Waals surface area contributed by atoms with Crippen molar-refractivity contribution in [1.29, 1.82) is 0 Å². The molecule has 0 N–H and O–H groups in total. The highest BCUT2D eigenvalue weighted by molar-refractivity contribution is 7.25. The van der Waals surface area contributed by atoms with Crippen molar-refractivity contribution in [2.75, 3.05) is 0 Å². The minimum absolute atomic E-state index is 0.917. The first-order valence-corrected chi connectivity index (χ1v) is 45.1. The number of hydrogen-bond acceptors (Lipinski definition) is 3. The van der Waals surface area contributed by atoms with Gasteiger partial charge in [-0.1, -0.05) is 413 Å². The largest absolute Gasteiger partial charge is 0.456 e. The van der Waals surface area contributed by atoms with Crippen molar-refractivity contribution in [3.05, 3.63) is 473 Å². The molecule has 0 aliphatic heterocycles. The zero-order valence-electron chi connectivity index (χ0n) is 70.3. The van der Waals surface area contributed by atoms with E-state index in [9.17, 15) is 0 Å². The molecule has 0 saturated carbocycles. The average molecular weight is 1660 g/mol. The van der Waals surface area contributed by atoms with Crippen LogP contribution < -0.4 is 0 Å². The van der Waals surface area contributed by atoms with Crippen LogP contribution in [0.15, 0.2) is 482 Å². The van der Waals surface area contributed by atoms with E-state index in [1.807, 2.05) is 35.6 Å². The molecule has 0 saturated heterocycles. The highest BCUT2D eigenvalue weighted by Gasteiger charge is 2.25. The second kappa shape index (κ2) is 31.3. The van der Waals surface area contributed by atoms with Crippen LogP contribution in [0.2, 0.25) is 0 Å². The molecule has 0 aliphatic carbocycles. The van der Waals surface area contributed by atoms with E-state index in [1.165, 1.54) is 217 Å². The molecule has 600 valence electrons. The fraction of sp³-hybridized carbons (Fsp3) is 0. The molecular weight excluding hydrogens is 1580 g/mol. The van der Waals surface area contributed by atoms with Crippen molar-refractivity contribution in [1.82, 2.24) is 0 Å². The zero-order chi connectivity index (χ0) is 85.0. The Morgan fingerprint density at radius 3 is 0.837 bits per heavy atom. The van der Waals surface area contributed by atoms with Crippen molar-refractivity contribution < 1.29 is 8.83 Å². The first-order valence-electron chi connectivity index (χ1n) is 44.3. The van der Waals surface area contributed by atoms with Gasteiger partial charge in [0, 0.05) is 41.7 Å². The molecule has 3 aromatic heterocycles. The molecule has 129 heavy (non-hydrogen) atoms. The van der Waals surface area contributed by atoms with Gasteiger partial charge in [0.05, 0.1) is 0 Å². The minimum atomic E-state index is 0.917. The third kappa shape index (κ3) is 12.8. The number of hydrogen-bond donors (Lipinski definition) is 0. The summed E-state index contributed by atoms with van der Waals surface area (Å²) in [6, 6.07) is 172. The van der Waals surface area contributed by atoms with Crippen LogP contribution in [0, 0.1) is 0 Å². The van der Waals surface area contributed by atoms with Crippen molar-refractivity contribution in [2.24, 2.45) is 0 Å². The zero-order valence-corrected chi connectivity index (χ0v) is 71.1. The maximum absolute atomic E-state index is 6.17. The van der Waals surface area contributed by atoms with E-state index in [2.05, 4.69) is 449 Å². The molecule has 0 radical (unpaired) electrons. The Hall–Kier alpha value is -16.6. The number of benzene rings is 24. The summed E-state index contributed by atoms with van der Waals surface area (Å²) in [5, 5.41) is 30.0. The van der Waals surface area contributed by atoms with E-state index in [4.69, 9.17) is 8.83 Å². The van der Waals surface area contributed by atoms with Gasteiger partial charge in [-0.15, -0.1) is 11.3 Å². The Morgan fingerprint density at radius 2 is 0.388 bits per heavy atom. The lowest BCUT2D eigenvalue weighted by Gasteiger charge is -2.20. The molecule has 3 heteroatoms. The van der Waals surface area contributed by atoms with Crippen molar-refractivity contribution >= 4 is 172 Å². The summed E-state index contributed by atoms with van der Waals surface area (Å²) in [6.45, 7) is 0.